The van der Waals surface area contributed by atoms with Crippen LogP contribution < -0.4 is 14.8 Å². The molecule has 0 aliphatic rings. The maximum Gasteiger partial charge on any atom is 0.387 e. The molecule has 1 aromatic carbocycles. The van der Waals surface area contributed by atoms with Crippen molar-refractivity contribution >= 4 is 11.6 Å². The number of nitrogens with zero attached hydrogens (tertiary/aromatic N) is 1. The first kappa shape index (κ1) is 16.7. The van der Waals surface area contributed by atoms with Crippen molar-refractivity contribution in [2.45, 2.75) is 19.5 Å². The predicted octanol–water partition coefficient (Wildman–Crippen LogP) is 3.26. The molecule has 0 spiro atoms. The van der Waals surface area contributed by atoms with Crippen LogP contribution in [0.25, 0.3) is 0 Å². The first-order chi connectivity index (χ1) is 11.1. The van der Waals surface area contributed by atoms with Gasteiger partial charge in [0.1, 0.15) is 5.75 Å². The van der Waals surface area contributed by atoms with Gasteiger partial charge in [-0.2, -0.15) is 8.78 Å². The van der Waals surface area contributed by atoms with Gasteiger partial charge in [-0.3, -0.25) is 4.79 Å². The molecule has 122 valence electrons. The van der Waals surface area contributed by atoms with Crippen molar-refractivity contribution in [3.63, 3.8) is 0 Å². The number of pyridine rings is 1. The van der Waals surface area contributed by atoms with E-state index in [2.05, 4.69) is 15.0 Å². The van der Waals surface area contributed by atoms with Gasteiger partial charge in [0.2, 0.25) is 11.8 Å². The van der Waals surface area contributed by atoms with Crippen LogP contribution in [0.1, 0.15) is 12.0 Å². The van der Waals surface area contributed by atoms with Crippen molar-refractivity contribution in [3.05, 3.63) is 48.2 Å². The summed E-state index contributed by atoms with van der Waals surface area (Å²) < 4.78 is 33.3. The van der Waals surface area contributed by atoms with Crippen molar-refractivity contribution in [1.82, 2.24) is 4.98 Å². The number of nitrogens with one attached hydrogen (secondary N) is 1. The van der Waals surface area contributed by atoms with Gasteiger partial charge in [0.25, 0.3) is 0 Å². The molecular formula is C16H16F2N2O3. The number of anilines is 1. The van der Waals surface area contributed by atoms with Crippen LogP contribution in [0, 0.1) is 0 Å². The maximum atomic E-state index is 12.0. The van der Waals surface area contributed by atoms with Crippen molar-refractivity contribution in [3.8, 4) is 11.6 Å². The number of aromatic nitrogens is 1. The van der Waals surface area contributed by atoms with E-state index in [1.807, 2.05) is 0 Å². The van der Waals surface area contributed by atoms with E-state index in [0.717, 1.165) is 5.56 Å². The van der Waals surface area contributed by atoms with Crippen molar-refractivity contribution in [2.75, 3.05) is 12.4 Å². The molecule has 1 amide bonds. The molecule has 1 heterocycles. The molecule has 0 aliphatic heterocycles. The Balaban J connectivity index is 1.81. The SMILES string of the molecule is COc1ccc(NC(=O)CCc2ccc(OC(F)F)cc2)cn1. The predicted molar refractivity (Wildman–Crippen MR) is 80.8 cm³/mol. The zero-order valence-electron chi connectivity index (χ0n) is 12.5. The van der Waals surface area contributed by atoms with Gasteiger partial charge in [-0.15, -0.1) is 0 Å². The van der Waals surface area contributed by atoms with Crippen LogP contribution in [-0.2, 0) is 11.2 Å². The van der Waals surface area contributed by atoms with E-state index in [-0.39, 0.29) is 18.1 Å². The molecule has 5 nitrogen and oxygen atoms in total. The number of hydrogen-bond acceptors (Lipinski definition) is 4. The lowest BCUT2D eigenvalue weighted by molar-refractivity contribution is -0.116. The maximum absolute atomic E-state index is 12.0. The van der Waals surface area contributed by atoms with Crippen LogP contribution in [0.4, 0.5) is 14.5 Å². The van der Waals surface area contributed by atoms with Gasteiger partial charge >= 0.3 is 6.61 Å². The number of alkyl halides is 2. The summed E-state index contributed by atoms with van der Waals surface area (Å²) in [5, 5.41) is 2.72. The van der Waals surface area contributed by atoms with E-state index in [1.165, 1.54) is 25.4 Å². The molecular weight excluding hydrogens is 306 g/mol. The van der Waals surface area contributed by atoms with Crippen LogP contribution in [0.15, 0.2) is 42.6 Å². The second-order valence-corrected chi connectivity index (χ2v) is 4.66. The Bertz CT molecular complexity index is 631. The lowest BCUT2D eigenvalue weighted by atomic mass is 10.1. The topological polar surface area (TPSA) is 60.5 Å². The van der Waals surface area contributed by atoms with Crippen molar-refractivity contribution in [1.29, 1.82) is 0 Å². The van der Waals surface area contributed by atoms with Gasteiger partial charge in [-0.25, -0.2) is 4.98 Å². The molecule has 0 radical (unpaired) electrons. The zero-order valence-corrected chi connectivity index (χ0v) is 12.5. The van der Waals surface area contributed by atoms with Crippen LogP contribution >= 0.6 is 0 Å². The summed E-state index contributed by atoms with van der Waals surface area (Å²) in [5.41, 5.74) is 1.44. The van der Waals surface area contributed by atoms with Crippen LogP contribution in [0.2, 0.25) is 0 Å². The quantitative estimate of drug-likeness (QED) is 0.850. The van der Waals surface area contributed by atoms with Crippen LogP contribution in [0.3, 0.4) is 0 Å². The molecule has 0 fully saturated rings. The first-order valence-corrected chi connectivity index (χ1v) is 6.90. The Morgan fingerprint density at radius 1 is 1.22 bits per heavy atom. The minimum atomic E-state index is -2.84. The highest BCUT2D eigenvalue weighted by Crippen LogP contribution is 2.16. The fraction of sp³-hybridized carbons (Fsp3) is 0.250. The third-order valence-electron chi connectivity index (χ3n) is 3.02. The van der Waals surface area contributed by atoms with Crippen molar-refractivity contribution < 1.29 is 23.0 Å². The van der Waals surface area contributed by atoms with Gasteiger partial charge < -0.3 is 14.8 Å². The molecule has 2 aromatic rings. The number of halogens is 2. The van der Waals surface area contributed by atoms with Gasteiger partial charge in [0.15, 0.2) is 0 Å². The van der Waals surface area contributed by atoms with E-state index in [1.54, 1.807) is 24.3 Å². The Labute approximate surface area is 132 Å². The molecule has 0 unspecified atom stereocenters. The molecule has 7 heteroatoms. The minimum Gasteiger partial charge on any atom is -0.481 e. The summed E-state index contributed by atoms with van der Waals surface area (Å²) in [6.07, 6.45) is 2.26. The normalized spacial score (nSPS) is 10.4. The summed E-state index contributed by atoms with van der Waals surface area (Å²) in [6, 6.07) is 9.55. The monoisotopic (exact) mass is 322 g/mol. The average molecular weight is 322 g/mol. The number of hydrogen-bond donors (Lipinski definition) is 1. The fourth-order valence-corrected chi connectivity index (χ4v) is 1.89. The lowest BCUT2D eigenvalue weighted by Crippen LogP contribution is -2.12. The van der Waals surface area contributed by atoms with Gasteiger partial charge in [-0.1, -0.05) is 12.1 Å². The summed E-state index contributed by atoms with van der Waals surface area (Å²) in [7, 11) is 1.51. The fourth-order valence-electron chi connectivity index (χ4n) is 1.89. The molecule has 0 bridgehead atoms. The number of aryl methyl sites for hydroxylation is 1. The zero-order chi connectivity index (χ0) is 16.7. The Morgan fingerprint density at radius 2 is 1.96 bits per heavy atom. The molecule has 0 saturated heterocycles. The molecule has 2 rings (SSSR count). The molecule has 1 N–H and O–H groups in total. The second-order valence-electron chi connectivity index (χ2n) is 4.66. The standard InChI is InChI=1S/C16H16F2N2O3/c1-22-15-9-5-12(10-19-15)20-14(21)8-4-11-2-6-13(7-3-11)23-16(17)18/h2-3,5-7,9-10,16H,4,8H2,1H3,(H,20,21). The third-order valence-corrected chi connectivity index (χ3v) is 3.02. The second kappa shape index (κ2) is 8.07. The smallest absolute Gasteiger partial charge is 0.387 e. The lowest BCUT2D eigenvalue weighted by Gasteiger charge is -2.07. The number of ether oxygens (including phenoxy) is 2. The molecule has 0 atom stereocenters. The van der Waals surface area contributed by atoms with E-state index < -0.39 is 6.61 Å². The van der Waals surface area contributed by atoms with Crippen LogP contribution in [-0.4, -0.2) is 24.6 Å². The Morgan fingerprint density at radius 3 is 2.52 bits per heavy atom. The summed E-state index contributed by atoms with van der Waals surface area (Å²) in [6.45, 7) is -2.84. The van der Waals surface area contributed by atoms with Crippen LogP contribution in [0.5, 0.6) is 11.6 Å². The number of methoxy groups -OCH3 is 1. The number of rotatable bonds is 7. The van der Waals surface area contributed by atoms with E-state index in [9.17, 15) is 13.6 Å². The number of carbonyl (C=O) groups excluding carboxylic acids is 1. The summed E-state index contributed by atoms with van der Waals surface area (Å²) >= 11 is 0. The van der Waals surface area contributed by atoms with E-state index in [4.69, 9.17) is 4.74 Å². The molecule has 1 aromatic heterocycles. The average Bonchev–Trinajstić information content (AvgIpc) is 2.54. The Kier molecular flexibility index (Phi) is 5.85. The molecule has 23 heavy (non-hydrogen) atoms. The van der Waals surface area contributed by atoms with Gasteiger partial charge in [-0.05, 0) is 30.2 Å². The van der Waals surface area contributed by atoms with E-state index >= 15 is 0 Å². The highest BCUT2D eigenvalue weighted by Gasteiger charge is 2.06. The first-order valence-electron chi connectivity index (χ1n) is 6.90. The Hall–Kier alpha value is -2.70. The van der Waals surface area contributed by atoms with E-state index in [0.29, 0.717) is 18.0 Å². The van der Waals surface area contributed by atoms with Crippen molar-refractivity contribution in [2.24, 2.45) is 0 Å². The van der Waals surface area contributed by atoms with Gasteiger partial charge in [0.05, 0.1) is 19.0 Å². The number of carbonyl (C=O) groups is 1. The van der Waals surface area contributed by atoms with Gasteiger partial charge in [0, 0.05) is 12.5 Å². The third kappa shape index (κ3) is 5.54. The number of amides is 1. The number of benzene rings is 1. The molecule has 0 saturated carbocycles. The summed E-state index contributed by atoms with van der Waals surface area (Å²) in [4.78, 5) is 15.8. The highest BCUT2D eigenvalue weighted by atomic mass is 19.3. The molecule has 0 aliphatic carbocycles. The highest BCUT2D eigenvalue weighted by molar-refractivity contribution is 5.90. The summed E-state index contributed by atoms with van der Waals surface area (Å²) in [5.74, 6) is 0.400. The largest absolute Gasteiger partial charge is 0.481 e. The minimum absolute atomic E-state index is 0.0949.